The third kappa shape index (κ3) is 5.42. The van der Waals surface area contributed by atoms with E-state index in [9.17, 15) is 9.90 Å². The molecule has 1 aromatic heterocycles. The highest BCUT2D eigenvalue weighted by atomic mass is 35.5. The van der Waals surface area contributed by atoms with Gasteiger partial charge in [0.25, 0.3) is 0 Å². The minimum absolute atomic E-state index is 0.110. The maximum absolute atomic E-state index is 11.9. The zero-order valence-corrected chi connectivity index (χ0v) is 21.7. The highest BCUT2D eigenvalue weighted by molar-refractivity contribution is 6.31. The number of fused-ring (bicyclic) bond motifs is 1. The molecule has 0 radical (unpaired) electrons. The molecule has 0 spiro atoms. The Labute approximate surface area is 221 Å². The number of ketones is 1. The largest absolute Gasteiger partial charge is 0.512 e. The number of Topliss-reactive ketones (excluding diaryl/α,β-unsaturated/α-hetero) is 1. The first-order chi connectivity index (χ1) is 17.5. The lowest BCUT2D eigenvalue weighted by Crippen LogP contribution is -2.32. The molecule has 3 aromatic rings. The number of unbranched alkanes of at least 4 members (excludes halogenated alkanes) is 2. The van der Waals surface area contributed by atoms with Crippen LogP contribution in [0.3, 0.4) is 0 Å². The Hall–Kier alpha value is -2.89. The van der Waals surface area contributed by atoms with Crippen LogP contribution in [0.4, 0.5) is 5.82 Å². The average Bonchev–Trinajstić information content (AvgIpc) is 3.21. The molecule has 36 heavy (non-hydrogen) atoms. The molecule has 186 valence electrons. The highest BCUT2D eigenvalue weighted by Crippen LogP contribution is 2.35. The summed E-state index contributed by atoms with van der Waals surface area (Å²) in [6.07, 6.45) is 6.47. The van der Waals surface area contributed by atoms with Gasteiger partial charge in [0.2, 0.25) is 0 Å². The van der Waals surface area contributed by atoms with Gasteiger partial charge in [-0.1, -0.05) is 53.9 Å². The Bertz CT molecular complexity index is 1290. The van der Waals surface area contributed by atoms with E-state index in [0.29, 0.717) is 40.6 Å². The molecule has 0 amide bonds. The van der Waals surface area contributed by atoms with Crippen molar-refractivity contribution in [1.29, 1.82) is 0 Å². The van der Waals surface area contributed by atoms with Crippen LogP contribution in [0.15, 0.2) is 59.9 Å². The van der Waals surface area contributed by atoms with E-state index in [-0.39, 0.29) is 5.78 Å². The summed E-state index contributed by atoms with van der Waals surface area (Å²) in [5.74, 6) is 1.36. The number of rotatable bonds is 8. The van der Waals surface area contributed by atoms with Gasteiger partial charge >= 0.3 is 0 Å². The van der Waals surface area contributed by atoms with Crippen molar-refractivity contribution in [2.45, 2.75) is 51.4 Å². The molecule has 5 rings (SSSR count). The van der Waals surface area contributed by atoms with Crippen LogP contribution in [-0.2, 0) is 11.2 Å². The summed E-state index contributed by atoms with van der Waals surface area (Å²) in [5, 5.41) is 11.3. The van der Waals surface area contributed by atoms with Crippen LogP contribution in [0.25, 0.3) is 22.5 Å². The van der Waals surface area contributed by atoms with Crippen LogP contribution in [-0.4, -0.2) is 33.9 Å². The summed E-state index contributed by atoms with van der Waals surface area (Å²) in [4.78, 5) is 24.5. The number of aryl methyl sites for hydroxylation is 1. The fraction of sp³-hybridized carbons (Fsp3) is 0.345. The molecule has 1 aliphatic heterocycles. The van der Waals surface area contributed by atoms with Crippen LogP contribution in [0.1, 0.15) is 50.6 Å². The first-order valence-corrected chi connectivity index (χ1v) is 13.4. The van der Waals surface area contributed by atoms with Gasteiger partial charge in [0.05, 0.1) is 22.8 Å². The predicted octanol–water partition coefficient (Wildman–Crippen LogP) is 7.61. The molecule has 0 unspecified atom stereocenters. The number of hydrogen-bond donors (Lipinski definition) is 1. The van der Waals surface area contributed by atoms with Crippen LogP contribution in [0.5, 0.6) is 0 Å². The summed E-state index contributed by atoms with van der Waals surface area (Å²) in [5.41, 5.74) is 5.31. The van der Waals surface area contributed by atoms with Crippen molar-refractivity contribution >= 4 is 34.8 Å². The Morgan fingerprint density at radius 2 is 1.44 bits per heavy atom. The van der Waals surface area contributed by atoms with E-state index in [1.807, 2.05) is 48.5 Å². The van der Waals surface area contributed by atoms with Crippen LogP contribution >= 0.6 is 23.2 Å². The summed E-state index contributed by atoms with van der Waals surface area (Å²) < 4.78 is 0. The van der Waals surface area contributed by atoms with E-state index >= 15 is 0 Å². The van der Waals surface area contributed by atoms with Gasteiger partial charge in [-0.05, 0) is 56.4 Å². The number of aromatic nitrogens is 2. The van der Waals surface area contributed by atoms with E-state index < -0.39 is 0 Å². The predicted molar refractivity (Wildman–Crippen MR) is 146 cm³/mol. The lowest BCUT2D eigenvalue weighted by atomic mass is 10.0. The molecule has 7 heteroatoms. The number of hydrogen-bond acceptors (Lipinski definition) is 5. The van der Waals surface area contributed by atoms with Crippen molar-refractivity contribution in [3.05, 3.63) is 75.6 Å². The Morgan fingerprint density at radius 1 is 0.806 bits per heavy atom. The number of benzene rings is 2. The van der Waals surface area contributed by atoms with E-state index in [2.05, 4.69) is 4.90 Å². The fourth-order valence-electron chi connectivity index (χ4n) is 5.02. The smallest absolute Gasteiger partial charge is 0.162 e. The molecular formula is C29H29Cl2N3O2. The van der Waals surface area contributed by atoms with Crippen LogP contribution in [0.2, 0.25) is 10.0 Å². The Morgan fingerprint density at radius 3 is 2.06 bits per heavy atom. The van der Waals surface area contributed by atoms with Crippen molar-refractivity contribution in [2.75, 3.05) is 18.0 Å². The number of carbonyl (C=O) groups is 1. The maximum Gasteiger partial charge on any atom is 0.162 e. The van der Waals surface area contributed by atoms with Crippen molar-refractivity contribution in [1.82, 2.24) is 9.97 Å². The molecule has 2 aromatic carbocycles. The lowest BCUT2D eigenvalue weighted by Gasteiger charge is -2.30. The van der Waals surface area contributed by atoms with Gasteiger partial charge in [0.1, 0.15) is 0 Å². The zero-order chi connectivity index (χ0) is 25.1. The number of aliphatic hydroxyl groups is 1. The second-order valence-electron chi connectivity index (χ2n) is 9.45. The first kappa shape index (κ1) is 24.8. The molecule has 2 aliphatic rings. The fourth-order valence-corrected chi connectivity index (χ4v) is 5.27. The lowest BCUT2D eigenvalue weighted by molar-refractivity contribution is -0.115. The number of anilines is 1. The molecule has 2 heterocycles. The number of halogens is 2. The summed E-state index contributed by atoms with van der Waals surface area (Å²) in [6, 6.07) is 15.5. The molecule has 1 N–H and O–H groups in total. The normalized spacial score (nSPS) is 15.5. The second kappa shape index (κ2) is 11.0. The highest BCUT2D eigenvalue weighted by Gasteiger charge is 2.24. The molecule has 0 atom stereocenters. The van der Waals surface area contributed by atoms with Crippen LogP contribution in [0, 0.1) is 0 Å². The van der Waals surface area contributed by atoms with Crippen molar-refractivity contribution in [3.63, 3.8) is 0 Å². The maximum atomic E-state index is 11.9. The van der Waals surface area contributed by atoms with Gasteiger partial charge < -0.3 is 10.0 Å². The summed E-state index contributed by atoms with van der Waals surface area (Å²) >= 11 is 12.3. The van der Waals surface area contributed by atoms with E-state index in [4.69, 9.17) is 33.2 Å². The van der Waals surface area contributed by atoms with E-state index in [1.165, 1.54) is 0 Å². The average molecular weight is 522 g/mol. The standard InChI is InChI=1S/C29H29Cl2N3O2/c30-21-11-7-19(8-12-21)27-28(20-9-13-22(31)14-10-20)33-29-24(32-27)6-4-18-34(29)17-3-1-2-5-23-25(35)15-16-26(23)36/h7-14,35H,1-6,15-18H2. The minimum atomic E-state index is 0.110. The molecule has 1 aliphatic carbocycles. The third-order valence-electron chi connectivity index (χ3n) is 6.95. The van der Waals surface area contributed by atoms with Crippen molar-refractivity contribution < 1.29 is 9.90 Å². The summed E-state index contributed by atoms with van der Waals surface area (Å²) in [7, 11) is 0. The van der Waals surface area contributed by atoms with E-state index in [0.717, 1.165) is 79.2 Å². The number of aliphatic hydroxyl groups excluding tert-OH is 1. The van der Waals surface area contributed by atoms with Gasteiger partial charge in [-0.3, -0.25) is 4.79 Å². The first-order valence-electron chi connectivity index (χ1n) is 12.6. The van der Waals surface area contributed by atoms with Crippen molar-refractivity contribution in [2.24, 2.45) is 0 Å². The minimum Gasteiger partial charge on any atom is -0.512 e. The molecule has 0 saturated carbocycles. The van der Waals surface area contributed by atoms with Gasteiger partial charge in [0, 0.05) is 52.7 Å². The monoisotopic (exact) mass is 521 g/mol. The molecule has 0 fully saturated rings. The molecule has 0 saturated heterocycles. The molecular weight excluding hydrogens is 493 g/mol. The Balaban J connectivity index is 1.37. The van der Waals surface area contributed by atoms with Gasteiger partial charge in [-0.25, -0.2) is 9.97 Å². The third-order valence-corrected chi connectivity index (χ3v) is 7.46. The van der Waals surface area contributed by atoms with Gasteiger partial charge in [-0.15, -0.1) is 0 Å². The topological polar surface area (TPSA) is 66.3 Å². The molecule has 0 bridgehead atoms. The van der Waals surface area contributed by atoms with E-state index in [1.54, 1.807) is 0 Å². The van der Waals surface area contributed by atoms with Crippen molar-refractivity contribution in [3.8, 4) is 22.5 Å². The van der Waals surface area contributed by atoms with Gasteiger partial charge in [-0.2, -0.15) is 0 Å². The SMILES string of the molecule is O=C1CCC(O)=C1CCCCCN1CCCc2nc(-c3ccc(Cl)cc3)c(-c3ccc(Cl)cc3)nc21. The Kier molecular flexibility index (Phi) is 7.59. The summed E-state index contributed by atoms with van der Waals surface area (Å²) in [6.45, 7) is 1.84. The number of nitrogens with zero attached hydrogens (tertiary/aromatic N) is 3. The quantitative estimate of drug-likeness (QED) is 0.309. The second-order valence-corrected chi connectivity index (χ2v) is 10.3. The zero-order valence-electron chi connectivity index (χ0n) is 20.1. The molecule has 5 nitrogen and oxygen atoms in total. The number of allylic oxidation sites excluding steroid dienone is 2. The number of carbonyl (C=O) groups excluding carboxylic acids is 1. The van der Waals surface area contributed by atoms with Gasteiger partial charge in [0.15, 0.2) is 11.6 Å². The van der Waals surface area contributed by atoms with Crippen LogP contribution < -0.4 is 4.90 Å².